The predicted octanol–water partition coefficient (Wildman–Crippen LogP) is 2.99. The highest BCUT2D eigenvalue weighted by Gasteiger charge is 2.42. The van der Waals surface area contributed by atoms with E-state index in [0.717, 1.165) is 44.6 Å². The highest BCUT2D eigenvalue weighted by Crippen LogP contribution is 2.39. The van der Waals surface area contributed by atoms with Crippen LogP contribution in [0.15, 0.2) is 28.8 Å². The molecule has 0 aliphatic carbocycles. The number of rotatable bonds is 5. The van der Waals surface area contributed by atoms with E-state index in [1.807, 2.05) is 23.1 Å². The lowest BCUT2D eigenvalue weighted by Gasteiger charge is -2.48. The molecule has 0 radical (unpaired) electrons. The van der Waals surface area contributed by atoms with Gasteiger partial charge in [0.2, 0.25) is 17.7 Å². The molecule has 2 aliphatic rings. The van der Waals surface area contributed by atoms with Crippen LogP contribution in [0.1, 0.15) is 62.9 Å². The summed E-state index contributed by atoms with van der Waals surface area (Å²) in [4.78, 5) is 21.3. The van der Waals surface area contributed by atoms with Crippen LogP contribution in [-0.2, 0) is 17.9 Å². The third-order valence-corrected chi connectivity index (χ3v) is 5.90. The molecule has 2 fully saturated rings. The molecule has 2 aromatic rings. The van der Waals surface area contributed by atoms with Gasteiger partial charge in [-0.15, -0.1) is 10.2 Å². The van der Waals surface area contributed by atoms with E-state index < -0.39 is 0 Å². The van der Waals surface area contributed by atoms with Crippen LogP contribution in [0.2, 0.25) is 0 Å². The van der Waals surface area contributed by atoms with Crippen LogP contribution >= 0.6 is 0 Å². The summed E-state index contributed by atoms with van der Waals surface area (Å²) in [5.41, 5.74) is 1.11. The lowest BCUT2D eigenvalue weighted by molar-refractivity contribution is -0.140. The van der Waals surface area contributed by atoms with Gasteiger partial charge in [-0.2, -0.15) is 0 Å². The first-order valence-electron chi connectivity index (χ1n) is 10.3. The van der Waals surface area contributed by atoms with Crippen molar-refractivity contribution in [2.45, 2.75) is 58.5 Å². The molecule has 7 nitrogen and oxygen atoms in total. The average molecular weight is 383 g/mol. The van der Waals surface area contributed by atoms with Crippen LogP contribution in [-0.4, -0.2) is 50.5 Å². The van der Waals surface area contributed by atoms with Crippen molar-refractivity contribution >= 4 is 5.91 Å². The van der Waals surface area contributed by atoms with E-state index in [1.54, 1.807) is 6.20 Å². The van der Waals surface area contributed by atoms with Gasteiger partial charge in [0.05, 0.1) is 18.8 Å². The first-order chi connectivity index (χ1) is 13.5. The van der Waals surface area contributed by atoms with Crippen molar-refractivity contribution in [3.63, 3.8) is 0 Å². The van der Waals surface area contributed by atoms with Gasteiger partial charge < -0.3 is 9.32 Å². The van der Waals surface area contributed by atoms with Gasteiger partial charge in [-0.05, 0) is 37.9 Å². The Kier molecular flexibility index (Phi) is 5.44. The maximum atomic E-state index is 12.5. The van der Waals surface area contributed by atoms with Gasteiger partial charge in [-0.3, -0.25) is 14.7 Å². The zero-order chi connectivity index (χ0) is 19.6. The molecule has 7 heteroatoms. The second kappa shape index (κ2) is 7.99. The molecular weight excluding hydrogens is 354 g/mol. The zero-order valence-electron chi connectivity index (χ0n) is 16.8. The van der Waals surface area contributed by atoms with Crippen molar-refractivity contribution in [1.82, 2.24) is 25.0 Å². The average Bonchev–Trinajstić information content (AvgIpc) is 3.15. The first kappa shape index (κ1) is 19.1. The Morgan fingerprint density at radius 1 is 1.18 bits per heavy atom. The molecular formula is C21H29N5O2. The molecule has 0 N–H and O–H groups in total. The molecule has 1 spiro atoms. The maximum absolute atomic E-state index is 12.5. The number of aromatic nitrogens is 3. The van der Waals surface area contributed by atoms with E-state index in [2.05, 4.69) is 33.9 Å². The molecule has 0 unspecified atom stereocenters. The summed E-state index contributed by atoms with van der Waals surface area (Å²) < 4.78 is 5.80. The van der Waals surface area contributed by atoms with Gasteiger partial charge in [0.25, 0.3) is 0 Å². The molecule has 2 aliphatic heterocycles. The van der Waals surface area contributed by atoms with Crippen LogP contribution in [0.25, 0.3) is 0 Å². The molecule has 0 bridgehead atoms. The van der Waals surface area contributed by atoms with Gasteiger partial charge in [0.1, 0.15) is 0 Å². The van der Waals surface area contributed by atoms with Gasteiger partial charge in [-0.1, -0.05) is 19.9 Å². The van der Waals surface area contributed by atoms with E-state index >= 15 is 0 Å². The van der Waals surface area contributed by atoms with Crippen molar-refractivity contribution < 1.29 is 9.21 Å². The molecule has 0 aromatic carbocycles. The SMILES string of the molecule is CC(C)c1nnc(CN2CCC[C@]3(CCC(=O)N(Cc4ccccn4)C3)C2)o1. The van der Waals surface area contributed by atoms with Crippen LogP contribution in [0, 0.1) is 5.41 Å². The zero-order valence-corrected chi connectivity index (χ0v) is 16.8. The summed E-state index contributed by atoms with van der Waals surface area (Å²) >= 11 is 0. The summed E-state index contributed by atoms with van der Waals surface area (Å²) in [6.45, 7) is 8.22. The van der Waals surface area contributed by atoms with Crippen molar-refractivity contribution in [3.05, 3.63) is 41.9 Å². The fourth-order valence-electron chi connectivity index (χ4n) is 4.47. The molecule has 28 heavy (non-hydrogen) atoms. The van der Waals surface area contributed by atoms with E-state index in [0.29, 0.717) is 31.3 Å². The van der Waals surface area contributed by atoms with Crippen molar-refractivity contribution in [2.75, 3.05) is 19.6 Å². The molecule has 0 saturated carbocycles. The molecule has 2 saturated heterocycles. The Morgan fingerprint density at radius 2 is 2.07 bits per heavy atom. The van der Waals surface area contributed by atoms with Crippen LogP contribution in [0.4, 0.5) is 0 Å². The van der Waals surface area contributed by atoms with Gasteiger partial charge in [0, 0.05) is 37.0 Å². The monoisotopic (exact) mass is 383 g/mol. The normalized spacial score (nSPS) is 23.7. The number of hydrogen-bond donors (Lipinski definition) is 0. The number of piperidine rings is 2. The van der Waals surface area contributed by atoms with Crippen molar-refractivity contribution in [3.8, 4) is 0 Å². The first-order valence-corrected chi connectivity index (χ1v) is 10.3. The second-order valence-corrected chi connectivity index (χ2v) is 8.57. The second-order valence-electron chi connectivity index (χ2n) is 8.57. The molecule has 1 atom stereocenters. The van der Waals surface area contributed by atoms with Gasteiger partial charge >= 0.3 is 0 Å². The number of likely N-dealkylation sites (tertiary alicyclic amines) is 2. The third-order valence-electron chi connectivity index (χ3n) is 5.90. The Labute approximate surface area is 166 Å². The van der Waals surface area contributed by atoms with E-state index in [1.165, 1.54) is 0 Å². The highest BCUT2D eigenvalue weighted by molar-refractivity contribution is 5.77. The summed E-state index contributed by atoms with van der Waals surface area (Å²) in [6.07, 6.45) is 5.67. The fraction of sp³-hybridized carbons (Fsp3) is 0.619. The number of carbonyl (C=O) groups is 1. The molecule has 4 heterocycles. The molecule has 4 rings (SSSR count). The van der Waals surface area contributed by atoms with Crippen LogP contribution in [0.5, 0.6) is 0 Å². The quantitative estimate of drug-likeness (QED) is 0.790. The summed E-state index contributed by atoms with van der Waals surface area (Å²) in [5.74, 6) is 1.88. The minimum Gasteiger partial charge on any atom is -0.424 e. The minimum atomic E-state index is 0.155. The summed E-state index contributed by atoms with van der Waals surface area (Å²) in [7, 11) is 0. The van der Waals surface area contributed by atoms with Crippen LogP contribution in [0.3, 0.4) is 0 Å². The topological polar surface area (TPSA) is 75.4 Å². The maximum Gasteiger partial charge on any atom is 0.230 e. The number of hydrogen-bond acceptors (Lipinski definition) is 6. The van der Waals surface area contributed by atoms with Gasteiger partial charge in [0.15, 0.2) is 0 Å². The number of carbonyl (C=O) groups excluding carboxylic acids is 1. The lowest BCUT2D eigenvalue weighted by atomic mass is 9.73. The Morgan fingerprint density at radius 3 is 2.82 bits per heavy atom. The standard InChI is InChI=1S/C21H29N5O2/c1-16(2)20-24-23-18(28-20)13-25-11-5-8-21(14-25)9-7-19(27)26(15-21)12-17-6-3-4-10-22-17/h3-4,6,10,16H,5,7-9,11-15H2,1-2H3/t21-/m0/s1. The third kappa shape index (κ3) is 4.24. The Hall–Kier alpha value is -2.28. The van der Waals surface area contributed by atoms with E-state index in [9.17, 15) is 4.79 Å². The number of pyridine rings is 1. The van der Waals surface area contributed by atoms with Crippen molar-refractivity contribution in [2.24, 2.45) is 5.41 Å². The Bertz CT molecular complexity index is 806. The number of nitrogens with zero attached hydrogens (tertiary/aromatic N) is 5. The molecule has 150 valence electrons. The van der Waals surface area contributed by atoms with Crippen molar-refractivity contribution in [1.29, 1.82) is 0 Å². The summed E-state index contributed by atoms with van der Waals surface area (Å²) in [5, 5.41) is 8.37. The fourth-order valence-corrected chi connectivity index (χ4v) is 4.47. The number of amides is 1. The minimum absolute atomic E-state index is 0.155. The Balaban J connectivity index is 1.42. The van der Waals surface area contributed by atoms with Gasteiger partial charge in [-0.25, -0.2) is 0 Å². The van der Waals surface area contributed by atoms with E-state index in [4.69, 9.17) is 4.42 Å². The highest BCUT2D eigenvalue weighted by atomic mass is 16.4. The largest absolute Gasteiger partial charge is 0.424 e. The van der Waals surface area contributed by atoms with E-state index in [-0.39, 0.29) is 17.2 Å². The lowest BCUT2D eigenvalue weighted by Crippen LogP contribution is -2.53. The predicted molar refractivity (Wildman–Crippen MR) is 104 cm³/mol. The molecule has 2 aromatic heterocycles. The smallest absolute Gasteiger partial charge is 0.230 e. The van der Waals surface area contributed by atoms with Crippen LogP contribution < -0.4 is 0 Å². The molecule has 1 amide bonds. The summed E-state index contributed by atoms with van der Waals surface area (Å²) in [6, 6.07) is 5.87.